The highest BCUT2D eigenvalue weighted by atomic mass is 19.1. The molecule has 1 aliphatic carbocycles. The summed E-state index contributed by atoms with van der Waals surface area (Å²) in [6.45, 7) is 10.6. The minimum absolute atomic E-state index is 0.0511. The normalized spacial score (nSPS) is 23.4. The molecule has 12 heteroatoms. The first-order chi connectivity index (χ1) is 24.1. The van der Waals surface area contributed by atoms with Crippen LogP contribution in [0.25, 0.3) is 22.3 Å². The number of aliphatic hydroxyl groups excluding tert-OH is 1. The summed E-state index contributed by atoms with van der Waals surface area (Å²) < 4.78 is 19.8. The van der Waals surface area contributed by atoms with Crippen molar-refractivity contribution >= 4 is 28.6 Å². The van der Waals surface area contributed by atoms with E-state index in [1.807, 2.05) is 13.0 Å². The molecule has 3 saturated heterocycles. The van der Waals surface area contributed by atoms with Gasteiger partial charge in [-0.3, -0.25) is 14.8 Å². The average Bonchev–Trinajstić information content (AvgIpc) is 3.63. The molecule has 266 valence electrons. The largest absolute Gasteiger partial charge is 0.393 e. The highest BCUT2D eigenvalue weighted by Crippen LogP contribution is 2.41. The Hall–Kier alpha value is -3.87. The van der Waals surface area contributed by atoms with Gasteiger partial charge in [-0.15, -0.1) is 0 Å². The van der Waals surface area contributed by atoms with Gasteiger partial charge in [0.1, 0.15) is 5.69 Å². The maximum atomic E-state index is 16.0. The third-order valence-corrected chi connectivity index (χ3v) is 12.2. The quantitative estimate of drug-likeness (QED) is 0.282. The summed E-state index contributed by atoms with van der Waals surface area (Å²) in [7, 11) is 4.03. The standard InChI is InChI=1S/C38H50FN9O2/c1-24-19-30(34(39)35(41-24)31-21-40-45(4)25(31)2)36(50)43-37-42-32-10-7-28(20-33(32)48(37)27-5-8-29(49)9-6-27)46-15-11-26(12-16-46)47-17-13-38(14-18-47)22-44(3)23-38/h7,10,19-21,26-27,29,49H,5-6,8-9,11-18,22-23H2,1-4H3,(H,42,43,50). The third kappa shape index (κ3) is 6.09. The summed E-state index contributed by atoms with van der Waals surface area (Å²) in [5.74, 6) is -0.854. The first-order valence-electron chi connectivity index (χ1n) is 18.4. The molecule has 1 saturated carbocycles. The predicted molar refractivity (Wildman–Crippen MR) is 193 cm³/mol. The molecular weight excluding hydrogens is 633 g/mol. The number of aryl methyl sites for hydroxylation is 2. The molecule has 3 aromatic heterocycles. The van der Waals surface area contributed by atoms with Crippen LogP contribution >= 0.6 is 0 Å². The van der Waals surface area contributed by atoms with E-state index in [1.165, 1.54) is 45.1 Å². The Balaban J connectivity index is 1.04. The second kappa shape index (κ2) is 13.0. The molecule has 1 aromatic carbocycles. The zero-order valence-corrected chi connectivity index (χ0v) is 29.8. The number of amides is 1. The smallest absolute Gasteiger partial charge is 0.261 e. The van der Waals surface area contributed by atoms with Crippen molar-refractivity contribution in [1.29, 1.82) is 0 Å². The molecule has 11 nitrogen and oxygen atoms in total. The molecule has 1 spiro atoms. The van der Waals surface area contributed by atoms with Crippen molar-refractivity contribution in [2.75, 3.05) is 56.5 Å². The summed E-state index contributed by atoms with van der Waals surface area (Å²) in [5, 5.41) is 17.6. The van der Waals surface area contributed by atoms with Crippen LogP contribution in [0.4, 0.5) is 16.0 Å². The van der Waals surface area contributed by atoms with Crippen molar-refractivity contribution < 1.29 is 14.3 Å². The van der Waals surface area contributed by atoms with Gasteiger partial charge in [0.25, 0.3) is 5.91 Å². The minimum Gasteiger partial charge on any atom is -0.393 e. The van der Waals surface area contributed by atoms with Gasteiger partial charge >= 0.3 is 0 Å². The molecule has 6 heterocycles. The number of hydrogen-bond acceptors (Lipinski definition) is 8. The van der Waals surface area contributed by atoms with Crippen LogP contribution < -0.4 is 10.2 Å². The summed E-state index contributed by atoms with van der Waals surface area (Å²) in [4.78, 5) is 30.9. The van der Waals surface area contributed by atoms with Crippen molar-refractivity contribution in [2.24, 2.45) is 12.5 Å². The van der Waals surface area contributed by atoms with E-state index >= 15 is 4.39 Å². The van der Waals surface area contributed by atoms with Gasteiger partial charge in [0.15, 0.2) is 5.82 Å². The van der Waals surface area contributed by atoms with Crippen molar-refractivity contribution in [3.63, 3.8) is 0 Å². The average molecular weight is 684 g/mol. The number of nitrogens with zero attached hydrogens (tertiary/aromatic N) is 8. The number of halogens is 1. The SMILES string of the molecule is Cc1cc(C(=O)Nc2nc3ccc(N4CCC(N5CCC6(CC5)CN(C)C6)CC4)cc3n2C2CCC(O)CC2)c(F)c(-c2cnn(C)c2C)n1. The van der Waals surface area contributed by atoms with Crippen molar-refractivity contribution in [2.45, 2.75) is 83.4 Å². The fraction of sp³-hybridized carbons (Fsp3) is 0.579. The van der Waals surface area contributed by atoms with Crippen molar-refractivity contribution in [3.8, 4) is 11.3 Å². The Labute approximate surface area is 293 Å². The van der Waals surface area contributed by atoms with Crippen LogP contribution in [-0.4, -0.2) is 104 Å². The van der Waals surface area contributed by atoms with Gasteiger partial charge in [-0.25, -0.2) is 14.4 Å². The molecule has 4 aromatic rings. The lowest BCUT2D eigenvalue weighted by Crippen LogP contribution is -2.60. The molecule has 3 aliphatic heterocycles. The Morgan fingerprint density at radius 2 is 1.66 bits per heavy atom. The number of aromatic nitrogens is 5. The highest BCUT2D eigenvalue weighted by molar-refractivity contribution is 6.05. The van der Waals surface area contributed by atoms with Crippen LogP contribution in [0.1, 0.15) is 79.2 Å². The molecule has 1 amide bonds. The lowest BCUT2D eigenvalue weighted by Gasteiger charge is -2.54. The molecule has 0 atom stereocenters. The van der Waals surface area contributed by atoms with E-state index in [2.05, 4.69) is 53.8 Å². The zero-order valence-electron chi connectivity index (χ0n) is 29.8. The van der Waals surface area contributed by atoms with Crippen LogP contribution in [0, 0.1) is 25.1 Å². The van der Waals surface area contributed by atoms with Crippen molar-refractivity contribution in [3.05, 3.63) is 53.2 Å². The number of imidazole rings is 1. The number of benzene rings is 1. The molecule has 4 fully saturated rings. The van der Waals surface area contributed by atoms with Crippen LogP contribution in [0.15, 0.2) is 30.5 Å². The third-order valence-electron chi connectivity index (χ3n) is 12.2. The Bertz CT molecular complexity index is 1890. The first-order valence-corrected chi connectivity index (χ1v) is 18.4. The van der Waals surface area contributed by atoms with Crippen LogP contribution in [-0.2, 0) is 7.05 Å². The maximum Gasteiger partial charge on any atom is 0.261 e. The molecule has 2 N–H and O–H groups in total. The summed E-state index contributed by atoms with van der Waals surface area (Å²) in [5.41, 5.74) is 5.35. The topological polar surface area (TPSA) is 108 Å². The van der Waals surface area contributed by atoms with Gasteiger partial charge in [-0.05, 0) is 115 Å². The molecule has 8 rings (SSSR count). The van der Waals surface area contributed by atoms with Gasteiger partial charge in [-0.2, -0.15) is 5.10 Å². The first kappa shape index (κ1) is 33.3. The summed E-state index contributed by atoms with van der Waals surface area (Å²) in [6.07, 6.45) is 9.14. The molecule has 50 heavy (non-hydrogen) atoms. The van der Waals surface area contributed by atoms with E-state index in [0.717, 1.165) is 61.2 Å². The lowest BCUT2D eigenvalue weighted by atomic mass is 9.72. The number of fused-ring (bicyclic) bond motifs is 1. The number of pyridine rings is 1. The number of anilines is 2. The van der Waals surface area contributed by atoms with E-state index in [1.54, 1.807) is 24.9 Å². The number of carbonyl (C=O) groups excluding carboxylic acids is 1. The number of rotatable bonds is 6. The van der Waals surface area contributed by atoms with Crippen LogP contribution in [0.3, 0.4) is 0 Å². The molecular formula is C38H50FN9O2. The number of likely N-dealkylation sites (tertiary alicyclic amines) is 2. The monoisotopic (exact) mass is 683 g/mol. The Morgan fingerprint density at radius 1 is 0.940 bits per heavy atom. The molecule has 4 aliphatic rings. The van der Waals surface area contributed by atoms with Gasteiger partial charge in [0.05, 0.1) is 28.9 Å². The number of aliphatic hydroxyl groups is 1. The Kier molecular flexibility index (Phi) is 8.67. The van der Waals surface area contributed by atoms with E-state index in [-0.39, 0.29) is 23.4 Å². The fourth-order valence-electron chi connectivity index (χ4n) is 9.22. The van der Waals surface area contributed by atoms with Gasteiger partial charge < -0.3 is 24.4 Å². The number of carbonyl (C=O) groups is 1. The number of hydrogen-bond donors (Lipinski definition) is 2. The fourth-order valence-corrected chi connectivity index (χ4v) is 9.22. The molecule has 0 bridgehead atoms. The van der Waals surface area contributed by atoms with E-state index in [9.17, 15) is 9.90 Å². The van der Waals surface area contributed by atoms with Gasteiger partial charge in [0.2, 0.25) is 5.95 Å². The van der Waals surface area contributed by atoms with Gasteiger partial charge in [-0.1, -0.05) is 0 Å². The van der Waals surface area contributed by atoms with E-state index < -0.39 is 11.7 Å². The highest BCUT2D eigenvalue weighted by Gasteiger charge is 2.44. The molecule has 0 radical (unpaired) electrons. The van der Waals surface area contributed by atoms with E-state index in [4.69, 9.17) is 4.98 Å². The van der Waals surface area contributed by atoms with Gasteiger partial charge in [0, 0.05) is 67.9 Å². The predicted octanol–water partition coefficient (Wildman–Crippen LogP) is 5.31. The second-order valence-corrected chi connectivity index (χ2v) is 15.6. The van der Waals surface area contributed by atoms with E-state index in [0.29, 0.717) is 41.5 Å². The summed E-state index contributed by atoms with van der Waals surface area (Å²) in [6, 6.07) is 8.57. The number of piperidine rings is 2. The minimum atomic E-state index is -0.682. The lowest BCUT2D eigenvalue weighted by molar-refractivity contribution is -0.0419. The maximum absolute atomic E-state index is 16.0. The van der Waals surface area contributed by atoms with Crippen molar-refractivity contribution in [1.82, 2.24) is 34.1 Å². The Morgan fingerprint density at radius 3 is 2.32 bits per heavy atom. The zero-order chi connectivity index (χ0) is 34.7. The molecule has 0 unspecified atom stereocenters. The number of nitrogens with one attached hydrogen (secondary N) is 1. The van der Waals surface area contributed by atoms with Crippen LogP contribution in [0.2, 0.25) is 0 Å². The summed E-state index contributed by atoms with van der Waals surface area (Å²) >= 11 is 0. The second-order valence-electron chi connectivity index (χ2n) is 15.6. The van der Waals surface area contributed by atoms with Crippen LogP contribution in [0.5, 0.6) is 0 Å².